The summed E-state index contributed by atoms with van der Waals surface area (Å²) in [6, 6.07) is 0. The van der Waals surface area contributed by atoms with E-state index < -0.39 is 29.6 Å². The number of hydrogen-bond acceptors (Lipinski definition) is 12. The maximum absolute atomic E-state index is 11.8. The van der Waals surface area contributed by atoms with Gasteiger partial charge in [0, 0.05) is 28.3 Å². The van der Waals surface area contributed by atoms with Gasteiger partial charge < -0.3 is 23.0 Å². The highest BCUT2D eigenvalue weighted by Gasteiger charge is 2.32. The van der Waals surface area contributed by atoms with E-state index in [1.165, 1.54) is 28.3 Å². The molecule has 0 aliphatic carbocycles. The Kier molecular flexibility index (Phi) is 17.7. The van der Waals surface area contributed by atoms with Gasteiger partial charge >= 0.3 is 18.7 Å². The number of hydrogen-bond donors (Lipinski definition) is 1. The Morgan fingerprint density at radius 3 is 1.86 bits per heavy atom. The average molecular weight is 514 g/mol. The molecule has 0 spiro atoms. The van der Waals surface area contributed by atoms with Crippen molar-refractivity contribution in [2.24, 2.45) is 0 Å². The van der Waals surface area contributed by atoms with Gasteiger partial charge in [-0.15, -0.1) is 0 Å². The molecule has 172 valence electrons. The van der Waals surface area contributed by atoms with Crippen LogP contribution in [0.1, 0.15) is 27.2 Å². The zero-order valence-electron chi connectivity index (χ0n) is 17.5. The Bertz CT molecular complexity index is 605. The molecular formula is C14H29NO9P2S3. The Labute approximate surface area is 185 Å². The van der Waals surface area contributed by atoms with Crippen molar-refractivity contribution < 1.29 is 42.0 Å². The predicted molar refractivity (Wildman–Crippen MR) is 120 cm³/mol. The van der Waals surface area contributed by atoms with Gasteiger partial charge in [-0.25, -0.2) is 0 Å². The van der Waals surface area contributed by atoms with Crippen molar-refractivity contribution in [3.63, 3.8) is 0 Å². The summed E-state index contributed by atoms with van der Waals surface area (Å²) in [4.78, 5) is 33.7. The molecule has 0 bridgehead atoms. The maximum Gasteiger partial charge on any atom is 0.352 e. The second-order valence-electron chi connectivity index (χ2n) is 4.70. The zero-order chi connectivity index (χ0) is 23.1. The van der Waals surface area contributed by atoms with Gasteiger partial charge in [0.05, 0.1) is 19.6 Å². The fourth-order valence-electron chi connectivity index (χ4n) is 1.45. The molecule has 0 aromatic carbocycles. The van der Waals surface area contributed by atoms with Crippen molar-refractivity contribution in [3.8, 4) is 0 Å². The third-order valence-corrected chi connectivity index (χ3v) is 12.3. The van der Waals surface area contributed by atoms with Crippen LogP contribution in [-0.2, 0) is 53.8 Å². The lowest BCUT2D eigenvalue weighted by molar-refractivity contribution is -0.149. The lowest BCUT2D eigenvalue weighted by Gasteiger charge is -2.21. The maximum atomic E-state index is 11.8. The van der Waals surface area contributed by atoms with Crippen molar-refractivity contribution in [1.29, 1.82) is 0 Å². The van der Waals surface area contributed by atoms with Crippen LogP contribution in [0.25, 0.3) is 0 Å². The summed E-state index contributed by atoms with van der Waals surface area (Å²) in [6.45, 7) is 2.23. The van der Waals surface area contributed by atoms with E-state index in [1.807, 2.05) is 0 Å². The number of carbonyl (C=O) groups excluding carboxylic acids is 3. The molecule has 0 aromatic rings. The molecule has 15 heteroatoms. The SMILES string of the molecule is CCOC(=O)CC(SP(=S)(OC)OC)C(=O)OCC.COP(=O)(NC(C)=O)SC. The van der Waals surface area contributed by atoms with E-state index in [0.29, 0.717) is 0 Å². The minimum Gasteiger partial charge on any atom is -0.466 e. The van der Waals surface area contributed by atoms with Crippen LogP contribution in [0.15, 0.2) is 0 Å². The third kappa shape index (κ3) is 14.5. The predicted octanol–water partition coefficient (Wildman–Crippen LogP) is 3.36. The normalized spacial score (nSPS) is 13.9. The molecule has 2 atom stereocenters. The van der Waals surface area contributed by atoms with Crippen molar-refractivity contribution in [3.05, 3.63) is 0 Å². The fourth-order valence-corrected chi connectivity index (χ4v) is 7.14. The molecule has 0 fully saturated rings. The smallest absolute Gasteiger partial charge is 0.352 e. The molecule has 0 heterocycles. The van der Waals surface area contributed by atoms with Crippen LogP contribution in [-0.4, -0.2) is 63.9 Å². The van der Waals surface area contributed by atoms with Crippen molar-refractivity contribution in [2.75, 3.05) is 40.8 Å². The first-order chi connectivity index (χ1) is 13.5. The lowest BCUT2D eigenvalue weighted by Crippen LogP contribution is -2.24. The second kappa shape index (κ2) is 16.5. The molecule has 0 aliphatic rings. The molecule has 2 unspecified atom stereocenters. The summed E-state index contributed by atoms with van der Waals surface area (Å²) in [7, 11) is 4.11. The molecule has 10 nitrogen and oxygen atoms in total. The van der Waals surface area contributed by atoms with E-state index in [9.17, 15) is 18.9 Å². The molecule has 1 amide bonds. The van der Waals surface area contributed by atoms with Crippen LogP contribution in [0.4, 0.5) is 0 Å². The Balaban J connectivity index is 0. The number of nitrogens with one attached hydrogen (secondary N) is 1. The minimum absolute atomic E-state index is 0.123. The summed E-state index contributed by atoms with van der Waals surface area (Å²) in [5.41, 5.74) is -2.65. The Morgan fingerprint density at radius 2 is 1.55 bits per heavy atom. The van der Waals surface area contributed by atoms with Crippen molar-refractivity contribution >= 4 is 64.8 Å². The van der Waals surface area contributed by atoms with Gasteiger partial charge in [-0.3, -0.25) is 24.0 Å². The van der Waals surface area contributed by atoms with Gasteiger partial charge in [-0.05, 0) is 31.9 Å². The van der Waals surface area contributed by atoms with Gasteiger partial charge in [-0.2, -0.15) is 0 Å². The van der Waals surface area contributed by atoms with Crippen LogP contribution >= 0.6 is 35.2 Å². The number of rotatable bonds is 12. The second-order valence-corrected chi connectivity index (χ2v) is 15.8. The lowest BCUT2D eigenvalue weighted by atomic mass is 10.3. The zero-order valence-corrected chi connectivity index (χ0v) is 21.7. The molecular weight excluding hydrogens is 484 g/mol. The van der Waals surface area contributed by atoms with E-state index in [1.54, 1.807) is 20.1 Å². The topological polar surface area (TPSA) is 126 Å². The van der Waals surface area contributed by atoms with Crippen LogP contribution in [0.3, 0.4) is 0 Å². The van der Waals surface area contributed by atoms with E-state index in [2.05, 4.69) is 9.61 Å². The number of esters is 2. The van der Waals surface area contributed by atoms with E-state index in [4.69, 9.17) is 30.3 Å². The molecule has 1 N–H and O–H groups in total. The van der Waals surface area contributed by atoms with E-state index >= 15 is 0 Å². The van der Waals surface area contributed by atoms with E-state index in [-0.39, 0.29) is 25.5 Å². The van der Waals surface area contributed by atoms with Crippen LogP contribution in [0.5, 0.6) is 0 Å². The summed E-state index contributed by atoms with van der Waals surface area (Å²) >= 11 is 7.17. The highest BCUT2D eigenvalue weighted by molar-refractivity contribution is 8.68. The van der Waals surface area contributed by atoms with Gasteiger partial charge in [0.15, 0.2) is 0 Å². The van der Waals surface area contributed by atoms with Gasteiger partial charge in [0.25, 0.3) is 0 Å². The monoisotopic (exact) mass is 513 g/mol. The summed E-state index contributed by atoms with van der Waals surface area (Å²) < 4.78 is 35.7. The highest BCUT2D eigenvalue weighted by atomic mass is 32.9. The fraction of sp³-hybridized carbons (Fsp3) is 0.786. The Hall–Kier alpha value is -0.130. The summed E-state index contributed by atoms with van der Waals surface area (Å²) in [5.74, 6) is -1.36. The molecule has 0 aromatic heterocycles. The number of amides is 1. The van der Waals surface area contributed by atoms with Crippen LogP contribution in [0, 0.1) is 0 Å². The van der Waals surface area contributed by atoms with Crippen LogP contribution in [0.2, 0.25) is 0 Å². The molecule has 0 rings (SSSR count). The standard InChI is InChI=1S/C10H19O6PS2.C4H10NO3PS/c1-5-15-9(11)7-8(10(12)16-6-2)19-17(18,13-3)14-4;1-4(6)5-9(7,8-2)10-3/h8H,5-7H2,1-4H3;1-3H3,(H,5,6,7). The first-order valence-corrected chi connectivity index (χ1v) is 15.8. The molecule has 0 radical (unpaired) electrons. The Morgan fingerprint density at radius 1 is 1.03 bits per heavy atom. The minimum atomic E-state index is -2.92. The molecule has 0 saturated carbocycles. The number of ether oxygens (including phenoxy) is 2. The van der Waals surface area contributed by atoms with Gasteiger partial charge in [-0.1, -0.05) is 22.8 Å². The number of carbonyl (C=O) groups is 3. The molecule has 29 heavy (non-hydrogen) atoms. The average Bonchev–Trinajstić information content (AvgIpc) is 2.67. The highest BCUT2D eigenvalue weighted by Crippen LogP contribution is 2.62. The largest absolute Gasteiger partial charge is 0.466 e. The van der Waals surface area contributed by atoms with Crippen LogP contribution < -0.4 is 5.09 Å². The molecule has 0 saturated heterocycles. The van der Waals surface area contributed by atoms with Gasteiger partial charge in [0.2, 0.25) is 11.6 Å². The summed E-state index contributed by atoms with van der Waals surface area (Å²) in [6.07, 6.45) is 1.49. The quantitative estimate of drug-likeness (QED) is 0.304. The van der Waals surface area contributed by atoms with Crippen molar-refractivity contribution in [2.45, 2.75) is 32.4 Å². The first-order valence-electron chi connectivity index (χ1n) is 8.18. The molecule has 0 aliphatic heterocycles. The van der Waals surface area contributed by atoms with Gasteiger partial charge in [0.1, 0.15) is 5.25 Å². The van der Waals surface area contributed by atoms with E-state index in [0.717, 1.165) is 22.8 Å². The summed E-state index contributed by atoms with van der Waals surface area (Å²) in [5, 5.41) is 1.43. The third-order valence-electron chi connectivity index (χ3n) is 2.69. The first kappa shape index (κ1) is 31.1. The van der Waals surface area contributed by atoms with Crippen molar-refractivity contribution in [1.82, 2.24) is 5.09 Å².